The molecule has 1 aromatic rings. The monoisotopic (exact) mass is 277 g/mol. The lowest BCUT2D eigenvalue weighted by Crippen LogP contribution is -2.42. The van der Waals surface area contributed by atoms with Crippen molar-refractivity contribution in [3.63, 3.8) is 0 Å². The Kier molecular flexibility index (Phi) is 6.57. The van der Waals surface area contributed by atoms with Crippen molar-refractivity contribution in [2.24, 2.45) is 0 Å². The number of para-hydroxylation sites is 1. The number of rotatable bonds is 6. The minimum atomic E-state index is -0.621. The number of nitriles is 1. The summed E-state index contributed by atoms with van der Waals surface area (Å²) in [5.41, 5.74) is 0.324. The van der Waals surface area contributed by atoms with Gasteiger partial charge in [-0.05, 0) is 12.1 Å². The number of nitrogens with zero attached hydrogens (tertiary/aromatic N) is 1. The number of imide groups is 1. The van der Waals surface area contributed by atoms with E-state index in [4.69, 9.17) is 14.7 Å². The number of carbonyl (C=O) groups is 2. The maximum Gasteiger partial charge on any atom is 0.321 e. The Labute approximate surface area is 116 Å². The van der Waals surface area contributed by atoms with Crippen molar-refractivity contribution < 1.29 is 19.1 Å². The molecular formula is C13H15N3O4. The van der Waals surface area contributed by atoms with Crippen LogP contribution in [0.1, 0.15) is 5.56 Å². The van der Waals surface area contributed by atoms with Gasteiger partial charge in [-0.3, -0.25) is 10.1 Å². The average molecular weight is 277 g/mol. The van der Waals surface area contributed by atoms with Crippen LogP contribution in [0.25, 0.3) is 0 Å². The molecule has 0 bridgehead atoms. The minimum Gasteiger partial charge on any atom is -0.482 e. The van der Waals surface area contributed by atoms with Gasteiger partial charge >= 0.3 is 6.03 Å². The topological polar surface area (TPSA) is 100 Å². The van der Waals surface area contributed by atoms with E-state index in [1.807, 2.05) is 6.07 Å². The predicted molar refractivity (Wildman–Crippen MR) is 70.1 cm³/mol. The molecule has 1 aromatic carbocycles. The molecule has 7 heteroatoms. The molecule has 106 valence electrons. The first kappa shape index (κ1) is 15.5. The van der Waals surface area contributed by atoms with Crippen LogP contribution in [0.4, 0.5) is 4.79 Å². The van der Waals surface area contributed by atoms with Gasteiger partial charge in [-0.25, -0.2) is 4.79 Å². The Morgan fingerprint density at radius 3 is 2.80 bits per heavy atom. The molecule has 0 aliphatic rings. The summed E-state index contributed by atoms with van der Waals surface area (Å²) < 4.78 is 9.92. The molecule has 0 saturated heterocycles. The van der Waals surface area contributed by atoms with Crippen LogP contribution in [0.5, 0.6) is 5.75 Å². The molecule has 20 heavy (non-hydrogen) atoms. The summed E-state index contributed by atoms with van der Waals surface area (Å²) in [6, 6.07) is 7.85. The number of urea groups is 1. The highest BCUT2D eigenvalue weighted by molar-refractivity contribution is 5.95. The summed E-state index contributed by atoms with van der Waals surface area (Å²) in [5.74, 6) is -0.308. The highest BCUT2D eigenvalue weighted by Crippen LogP contribution is 2.15. The quantitative estimate of drug-likeness (QED) is 0.733. The number of hydrogen-bond donors (Lipinski definition) is 2. The fraction of sp³-hybridized carbons (Fsp3) is 0.308. The highest BCUT2D eigenvalue weighted by atomic mass is 16.5. The first-order chi connectivity index (χ1) is 9.67. The van der Waals surface area contributed by atoms with E-state index in [0.29, 0.717) is 24.5 Å². The van der Waals surface area contributed by atoms with Gasteiger partial charge in [-0.1, -0.05) is 12.1 Å². The molecular weight excluding hydrogens is 262 g/mol. The van der Waals surface area contributed by atoms with Crippen molar-refractivity contribution in [1.82, 2.24) is 10.6 Å². The van der Waals surface area contributed by atoms with Gasteiger partial charge in [0.25, 0.3) is 5.91 Å². The molecule has 0 aliphatic heterocycles. The molecule has 0 unspecified atom stereocenters. The van der Waals surface area contributed by atoms with Gasteiger partial charge in [0.15, 0.2) is 6.61 Å². The first-order valence-corrected chi connectivity index (χ1v) is 5.86. The summed E-state index contributed by atoms with van der Waals surface area (Å²) in [4.78, 5) is 22.7. The number of methoxy groups -OCH3 is 1. The van der Waals surface area contributed by atoms with Gasteiger partial charge in [0.1, 0.15) is 11.8 Å². The third-order valence-corrected chi connectivity index (χ3v) is 2.21. The molecule has 0 aromatic heterocycles. The Hall–Kier alpha value is -2.59. The Balaban J connectivity index is 2.36. The van der Waals surface area contributed by atoms with E-state index in [2.05, 4.69) is 10.6 Å². The zero-order valence-electron chi connectivity index (χ0n) is 11.0. The zero-order valence-corrected chi connectivity index (χ0v) is 11.0. The molecule has 3 amide bonds. The summed E-state index contributed by atoms with van der Waals surface area (Å²) in [5, 5.41) is 13.4. The predicted octanol–water partition coefficient (Wildman–Crippen LogP) is 0.409. The van der Waals surface area contributed by atoms with E-state index >= 15 is 0 Å². The lowest BCUT2D eigenvalue weighted by molar-refractivity contribution is -0.122. The number of carbonyl (C=O) groups excluding carboxylic acids is 2. The molecule has 0 radical (unpaired) electrons. The third kappa shape index (κ3) is 5.37. The third-order valence-electron chi connectivity index (χ3n) is 2.21. The van der Waals surface area contributed by atoms with E-state index in [1.165, 1.54) is 7.11 Å². The number of ether oxygens (including phenoxy) is 2. The molecule has 0 spiro atoms. The Morgan fingerprint density at radius 1 is 1.35 bits per heavy atom. The van der Waals surface area contributed by atoms with Crippen molar-refractivity contribution in [3.05, 3.63) is 29.8 Å². The summed E-state index contributed by atoms with van der Waals surface area (Å²) in [7, 11) is 1.51. The summed E-state index contributed by atoms with van der Waals surface area (Å²) >= 11 is 0. The number of benzene rings is 1. The van der Waals surface area contributed by atoms with E-state index in [9.17, 15) is 9.59 Å². The number of hydrogen-bond acceptors (Lipinski definition) is 5. The van der Waals surface area contributed by atoms with Crippen LogP contribution in [0.2, 0.25) is 0 Å². The number of amides is 3. The van der Waals surface area contributed by atoms with Crippen LogP contribution in [0.15, 0.2) is 24.3 Å². The van der Waals surface area contributed by atoms with Crippen LogP contribution < -0.4 is 15.4 Å². The summed E-state index contributed by atoms with van der Waals surface area (Å²) in [6.07, 6.45) is 0. The second-order valence-corrected chi connectivity index (χ2v) is 3.69. The van der Waals surface area contributed by atoms with Gasteiger partial charge in [0, 0.05) is 13.7 Å². The highest BCUT2D eigenvalue weighted by Gasteiger charge is 2.09. The van der Waals surface area contributed by atoms with E-state index in [-0.39, 0.29) is 6.61 Å². The second kappa shape index (κ2) is 8.50. The van der Waals surface area contributed by atoms with Crippen molar-refractivity contribution in [2.75, 3.05) is 26.9 Å². The van der Waals surface area contributed by atoms with Crippen LogP contribution in [0.3, 0.4) is 0 Å². The Morgan fingerprint density at radius 2 is 2.10 bits per heavy atom. The Bertz CT molecular complexity index is 511. The minimum absolute atomic E-state index is 0.296. The molecule has 0 atom stereocenters. The molecule has 0 aliphatic carbocycles. The molecule has 0 saturated carbocycles. The molecule has 7 nitrogen and oxygen atoms in total. The largest absolute Gasteiger partial charge is 0.482 e. The fourth-order valence-electron chi connectivity index (χ4n) is 1.30. The van der Waals surface area contributed by atoms with Crippen LogP contribution in [-0.2, 0) is 9.53 Å². The van der Waals surface area contributed by atoms with Gasteiger partial charge in [-0.2, -0.15) is 5.26 Å². The van der Waals surface area contributed by atoms with E-state index < -0.39 is 11.9 Å². The lowest BCUT2D eigenvalue weighted by atomic mass is 10.2. The molecule has 1 rings (SSSR count). The van der Waals surface area contributed by atoms with Gasteiger partial charge in [0.05, 0.1) is 12.2 Å². The molecule has 0 fully saturated rings. The molecule has 0 heterocycles. The molecule has 2 N–H and O–H groups in total. The standard InChI is InChI=1S/C13H15N3O4/c1-19-7-6-15-13(18)16-12(17)9-20-11-5-3-2-4-10(11)8-14/h2-5H,6-7,9H2,1H3,(H2,15,16,17,18). The summed E-state index contributed by atoms with van der Waals surface area (Å²) in [6.45, 7) is 0.303. The zero-order chi connectivity index (χ0) is 14.8. The van der Waals surface area contributed by atoms with Gasteiger partial charge in [-0.15, -0.1) is 0 Å². The van der Waals surface area contributed by atoms with Gasteiger partial charge in [0.2, 0.25) is 0 Å². The van der Waals surface area contributed by atoms with Crippen molar-refractivity contribution in [1.29, 1.82) is 5.26 Å². The van der Waals surface area contributed by atoms with E-state index in [0.717, 1.165) is 0 Å². The van der Waals surface area contributed by atoms with Crippen LogP contribution >= 0.6 is 0 Å². The maximum absolute atomic E-state index is 11.4. The smallest absolute Gasteiger partial charge is 0.321 e. The fourth-order valence-corrected chi connectivity index (χ4v) is 1.30. The maximum atomic E-state index is 11.4. The van der Waals surface area contributed by atoms with Crippen molar-refractivity contribution in [3.8, 4) is 11.8 Å². The van der Waals surface area contributed by atoms with Crippen LogP contribution in [0, 0.1) is 11.3 Å². The van der Waals surface area contributed by atoms with Crippen molar-refractivity contribution >= 4 is 11.9 Å². The second-order valence-electron chi connectivity index (χ2n) is 3.69. The van der Waals surface area contributed by atoms with E-state index in [1.54, 1.807) is 24.3 Å². The van der Waals surface area contributed by atoms with Crippen molar-refractivity contribution in [2.45, 2.75) is 0 Å². The van der Waals surface area contributed by atoms with Crippen LogP contribution in [-0.4, -0.2) is 38.8 Å². The SMILES string of the molecule is COCCNC(=O)NC(=O)COc1ccccc1C#N. The normalized spacial score (nSPS) is 9.40. The van der Waals surface area contributed by atoms with Gasteiger partial charge < -0.3 is 14.8 Å². The average Bonchev–Trinajstić information content (AvgIpc) is 2.45. The lowest BCUT2D eigenvalue weighted by Gasteiger charge is -2.08. The number of nitrogens with one attached hydrogen (secondary N) is 2. The first-order valence-electron chi connectivity index (χ1n) is 5.86.